The molecule has 10 nitrogen and oxygen atoms in total. The van der Waals surface area contributed by atoms with Crippen LogP contribution in [-0.2, 0) is 20.9 Å². The fraction of sp³-hybridized carbons (Fsp3) is 0.250. The van der Waals surface area contributed by atoms with Crippen LogP contribution in [0.5, 0.6) is 17.2 Å². The average molecular weight is 420 g/mol. The monoisotopic (exact) mass is 420 g/mol. The lowest BCUT2D eigenvalue weighted by molar-refractivity contribution is -0.159. The van der Waals surface area contributed by atoms with Gasteiger partial charge in [-0.25, -0.2) is 9.59 Å². The van der Waals surface area contributed by atoms with Crippen molar-refractivity contribution in [3.63, 3.8) is 0 Å². The van der Waals surface area contributed by atoms with Gasteiger partial charge in [0.15, 0.2) is 0 Å². The van der Waals surface area contributed by atoms with Gasteiger partial charge in [-0.05, 0) is 29.8 Å². The van der Waals surface area contributed by atoms with Crippen LogP contribution in [0.25, 0.3) is 0 Å². The highest BCUT2D eigenvalue weighted by Crippen LogP contribution is 2.28. The Morgan fingerprint density at radius 3 is 2.07 bits per heavy atom. The summed E-state index contributed by atoms with van der Waals surface area (Å²) in [6, 6.07) is 12.9. The maximum absolute atomic E-state index is 12.1. The van der Waals surface area contributed by atoms with Gasteiger partial charge in [0.2, 0.25) is 5.91 Å². The predicted octanol–water partition coefficient (Wildman–Crippen LogP) is 1.60. The molecule has 0 aromatic heterocycles. The van der Waals surface area contributed by atoms with E-state index in [2.05, 4.69) is 10.6 Å². The van der Waals surface area contributed by atoms with E-state index in [-0.39, 0.29) is 12.5 Å². The topological polar surface area (TPSA) is 143 Å². The molecular formula is C20H24N2O8. The molecule has 10 heteroatoms. The van der Waals surface area contributed by atoms with Gasteiger partial charge >= 0.3 is 11.9 Å². The lowest BCUT2D eigenvalue weighted by Gasteiger charge is -2.12. The van der Waals surface area contributed by atoms with Crippen molar-refractivity contribution in [1.82, 2.24) is 5.32 Å². The molecule has 0 aliphatic carbocycles. The summed E-state index contributed by atoms with van der Waals surface area (Å²) in [6.45, 7) is 0.747. The van der Waals surface area contributed by atoms with E-state index in [1.807, 2.05) is 24.3 Å². The number of anilines is 1. The normalized spacial score (nSPS) is 9.57. The standard InChI is InChI=1S/C18H22N2O4.C2H2O4/c1-22-14-6-4-5-13(9-14)11-19-12-18(21)20-16-10-15(23-2)7-8-17(16)24-3;3-1(4)2(5)6/h4-10,19H,11-12H2,1-3H3,(H,20,21);(H,3,4)(H,5,6). The molecule has 0 bridgehead atoms. The third-order valence-corrected chi connectivity index (χ3v) is 3.61. The third-order valence-electron chi connectivity index (χ3n) is 3.61. The zero-order valence-corrected chi connectivity index (χ0v) is 16.8. The summed E-state index contributed by atoms with van der Waals surface area (Å²) < 4.78 is 15.6. The average Bonchev–Trinajstić information content (AvgIpc) is 2.74. The Morgan fingerprint density at radius 2 is 1.50 bits per heavy atom. The number of hydrogen-bond donors (Lipinski definition) is 4. The van der Waals surface area contributed by atoms with Crippen LogP contribution >= 0.6 is 0 Å². The second kappa shape index (κ2) is 12.6. The first-order valence-corrected chi connectivity index (χ1v) is 8.62. The van der Waals surface area contributed by atoms with Gasteiger partial charge in [0.25, 0.3) is 0 Å². The zero-order chi connectivity index (χ0) is 22.5. The molecular weight excluding hydrogens is 396 g/mol. The molecule has 2 aromatic carbocycles. The number of carboxylic acids is 2. The van der Waals surface area contributed by atoms with E-state index in [1.165, 1.54) is 0 Å². The first kappa shape index (κ1) is 24.2. The summed E-state index contributed by atoms with van der Waals surface area (Å²) in [5.74, 6) is -1.79. The minimum Gasteiger partial charge on any atom is -0.497 e. The molecule has 0 saturated heterocycles. The van der Waals surface area contributed by atoms with Crippen LogP contribution in [0, 0.1) is 0 Å². The van der Waals surface area contributed by atoms with Crippen molar-refractivity contribution in [2.24, 2.45) is 0 Å². The summed E-state index contributed by atoms with van der Waals surface area (Å²) in [7, 11) is 4.75. The minimum absolute atomic E-state index is 0.163. The van der Waals surface area contributed by atoms with Crippen LogP contribution in [0.15, 0.2) is 42.5 Å². The van der Waals surface area contributed by atoms with Crippen molar-refractivity contribution in [2.45, 2.75) is 6.54 Å². The Kier molecular flexibility index (Phi) is 10.2. The maximum Gasteiger partial charge on any atom is 0.414 e. The third kappa shape index (κ3) is 8.48. The lowest BCUT2D eigenvalue weighted by Crippen LogP contribution is -2.27. The number of nitrogens with one attached hydrogen (secondary N) is 2. The first-order chi connectivity index (χ1) is 14.3. The van der Waals surface area contributed by atoms with Gasteiger partial charge in [-0.15, -0.1) is 0 Å². The molecule has 0 heterocycles. The van der Waals surface area contributed by atoms with Crippen LogP contribution in [0.4, 0.5) is 5.69 Å². The molecule has 0 fully saturated rings. The maximum atomic E-state index is 12.1. The van der Waals surface area contributed by atoms with Gasteiger partial charge in [0, 0.05) is 12.6 Å². The van der Waals surface area contributed by atoms with Gasteiger partial charge in [-0.2, -0.15) is 0 Å². The molecule has 2 aromatic rings. The van der Waals surface area contributed by atoms with E-state index in [0.29, 0.717) is 23.7 Å². The summed E-state index contributed by atoms with van der Waals surface area (Å²) in [5.41, 5.74) is 1.62. The van der Waals surface area contributed by atoms with Gasteiger partial charge < -0.3 is 35.1 Å². The van der Waals surface area contributed by atoms with Crippen LogP contribution in [0.1, 0.15) is 5.56 Å². The number of aliphatic carboxylic acids is 2. The van der Waals surface area contributed by atoms with Crippen molar-refractivity contribution >= 4 is 23.5 Å². The van der Waals surface area contributed by atoms with Gasteiger partial charge in [0.05, 0.1) is 33.6 Å². The highest BCUT2D eigenvalue weighted by molar-refractivity contribution is 6.27. The van der Waals surface area contributed by atoms with Crippen LogP contribution in [0.2, 0.25) is 0 Å². The van der Waals surface area contributed by atoms with Gasteiger partial charge in [-0.3, -0.25) is 4.79 Å². The summed E-state index contributed by atoms with van der Waals surface area (Å²) in [4.78, 5) is 30.3. The lowest BCUT2D eigenvalue weighted by atomic mass is 10.2. The van der Waals surface area contributed by atoms with E-state index in [0.717, 1.165) is 11.3 Å². The number of carbonyl (C=O) groups is 3. The van der Waals surface area contributed by atoms with Crippen LogP contribution in [0.3, 0.4) is 0 Å². The fourth-order valence-electron chi connectivity index (χ4n) is 2.21. The van der Waals surface area contributed by atoms with E-state index in [1.54, 1.807) is 39.5 Å². The molecule has 162 valence electrons. The second-order valence-electron chi connectivity index (χ2n) is 5.68. The fourth-order valence-corrected chi connectivity index (χ4v) is 2.21. The van der Waals surface area contributed by atoms with Crippen molar-refractivity contribution in [2.75, 3.05) is 33.2 Å². The Bertz CT molecular complexity index is 858. The molecule has 0 spiro atoms. The van der Waals surface area contributed by atoms with Crippen LogP contribution in [-0.4, -0.2) is 55.9 Å². The zero-order valence-electron chi connectivity index (χ0n) is 16.8. The SMILES string of the molecule is COc1cccc(CNCC(=O)Nc2cc(OC)ccc2OC)c1.O=C(O)C(=O)O. The molecule has 0 aliphatic heterocycles. The molecule has 2 rings (SSSR count). The van der Waals surface area contributed by atoms with Gasteiger partial charge in [0.1, 0.15) is 17.2 Å². The molecule has 0 aliphatic rings. The highest BCUT2D eigenvalue weighted by Gasteiger charge is 2.09. The Morgan fingerprint density at radius 1 is 0.867 bits per heavy atom. The first-order valence-electron chi connectivity index (χ1n) is 8.62. The number of amides is 1. The van der Waals surface area contributed by atoms with E-state index >= 15 is 0 Å². The number of ether oxygens (including phenoxy) is 3. The summed E-state index contributed by atoms with van der Waals surface area (Å²) in [6.07, 6.45) is 0. The number of carbonyl (C=O) groups excluding carboxylic acids is 1. The van der Waals surface area contributed by atoms with Crippen molar-refractivity contribution in [3.8, 4) is 17.2 Å². The predicted molar refractivity (Wildman–Crippen MR) is 108 cm³/mol. The van der Waals surface area contributed by atoms with E-state index in [9.17, 15) is 4.79 Å². The number of methoxy groups -OCH3 is 3. The van der Waals surface area contributed by atoms with Crippen molar-refractivity contribution in [1.29, 1.82) is 0 Å². The second-order valence-corrected chi connectivity index (χ2v) is 5.68. The Labute approximate surface area is 173 Å². The van der Waals surface area contributed by atoms with E-state index in [4.69, 9.17) is 34.0 Å². The van der Waals surface area contributed by atoms with Crippen molar-refractivity contribution in [3.05, 3.63) is 48.0 Å². The smallest absolute Gasteiger partial charge is 0.414 e. The highest BCUT2D eigenvalue weighted by atomic mass is 16.5. The minimum atomic E-state index is -1.82. The molecule has 0 saturated carbocycles. The quantitative estimate of drug-likeness (QED) is 0.468. The Hall–Kier alpha value is -3.79. The van der Waals surface area contributed by atoms with Crippen molar-refractivity contribution < 1.29 is 38.8 Å². The molecule has 1 amide bonds. The Balaban J connectivity index is 0.000000656. The molecule has 0 atom stereocenters. The number of benzene rings is 2. The van der Waals surface area contributed by atoms with Gasteiger partial charge in [-0.1, -0.05) is 12.1 Å². The molecule has 30 heavy (non-hydrogen) atoms. The number of hydrogen-bond acceptors (Lipinski definition) is 7. The molecule has 4 N–H and O–H groups in total. The number of carboxylic acid groups (broad SMARTS) is 2. The largest absolute Gasteiger partial charge is 0.497 e. The summed E-state index contributed by atoms with van der Waals surface area (Å²) >= 11 is 0. The molecule has 0 unspecified atom stereocenters. The van der Waals surface area contributed by atoms with E-state index < -0.39 is 11.9 Å². The number of rotatable bonds is 8. The van der Waals surface area contributed by atoms with Crippen LogP contribution < -0.4 is 24.8 Å². The summed E-state index contributed by atoms with van der Waals surface area (Å²) in [5, 5.41) is 20.7. The molecule has 0 radical (unpaired) electrons.